The van der Waals surface area contributed by atoms with E-state index in [9.17, 15) is 4.79 Å². The molecular weight excluding hydrogens is 244 g/mol. The molecule has 0 spiro atoms. The molecule has 0 aromatic heterocycles. The zero-order valence-corrected chi connectivity index (χ0v) is 9.87. The zero-order chi connectivity index (χ0) is 10.6. The van der Waals surface area contributed by atoms with Crippen LogP contribution in [0, 0.1) is 0 Å². The van der Waals surface area contributed by atoms with Gasteiger partial charge in [-0.1, -0.05) is 28.9 Å². The van der Waals surface area contributed by atoms with Crippen LogP contribution in [0.4, 0.5) is 0 Å². The molecule has 1 aromatic carbocycles. The number of aldehydes is 1. The van der Waals surface area contributed by atoms with Gasteiger partial charge >= 0.3 is 0 Å². The molecule has 1 rings (SSSR count). The number of methoxy groups -OCH3 is 1. The highest BCUT2D eigenvalue weighted by Gasteiger charge is 2.07. The average Bonchev–Trinajstić information content (AvgIpc) is 2.27. The molecule has 1 atom stereocenters. The summed E-state index contributed by atoms with van der Waals surface area (Å²) in [6.07, 6.45) is 0.937. The SMILES string of the molecule is COc1cc(CBr)cc(C(C)C=O)c1. The summed E-state index contributed by atoms with van der Waals surface area (Å²) in [5.74, 6) is 0.716. The first kappa shape index (κ1) is 11.2. The summed E-state index contributed by atoms with van der Waals surface area (Å²) < 4.78 is 5.16. The van der Waals surface area contributed by atoms with E-state index in [1.807, 2.05) is 25.1 Å². The number of alkyl halides is 1. The molecule has 0 heterocycles. The monoisotopic (exact) mass is 256 g/mol. The van der Waals surface area contributed by atoms with Crippen LogP contribution in [0.2, 0.25) is 0 Å². The minimum absolute atomic E-state index is 0.0806. The van der Waals surface area contributed by atoms with Gasteiger partial charge in [0.25, 0.3) is 0 Å². The van der Waals surface area contributed by atoms with E-state index in [0.29, 0.717) is 0 Å². The molecule has 0 aliphatic heterocycles. The quantitative estimate of drug-likeness (QED) is 0.612. The third kappa shape index (κ3) is 2.58. The Labute approximate surface area is 92.4 Å². The van der Waals surface area contributed by atoms with Gasteiger partial charge in [-0.15, -0.1) is 0 Å². The standard InChI is InChI=1S/C11H13BrO2/c1-8(7-13)10-3-9(6-12)4-11(5-10)14-2/h3-5,7-8H,6H2,1-2H3. The normalized spacial score (nSPS) is 12.2. The van der Waals surface area contributed by atoms with Crippen molar-refractivity contribution < 1.29 is 9.53 Å². The van der Waals surface area contributed by atoms with Crippen LogP contribution in [0.3, 0.4) is 0 Å². The summed E-state index contributed by atoms with van der Waals surface area (Å²) in [7, 11) is 1.63. The van der Waals surface area contributed by atoms with Crippen molar-refractivity contribution in [3.8, 4) is 5.75 Å². The lowest BCUT2D eigenvalue weighted by Crippen LogP contribution is -1.97. The van der Waals surface area contributed by atoms with Crippen molar-refractivity contribution in [2.45, 2.75) is 18.2 Å². The number of halogens is 1. The van der Waals surface area contributed by atoms with Gasteiger partial charge in [-0.3, -0.25) is 0 Å². The number of carbonyl (C=O) groups is 1. The molecule has 0 saturated carbocycles. The first-order valence-corrected chi connectivity index (χ1v) is 5.52. The van der Waals surface area contributed by atoms with E-state index in [4.69, 9.17) is 4.74 Å². The molecular formula is C11H13BrO2. The van der Waals surface area contributed by atoms with Crippen LogP contribution in [0.15, 0.2) is 18.2 Å². The van der Waals surface area contributed by atoms with E-state index in [-0.39, 0.29) is 5.92 Å². The smallest absolute Gasteiger partial charge is 0.127 e. The second kappa shape index (κ2) is 5.15. The van der Waals surface area contributed by atoms with Crippen molar-refractivity contribution in [3.05, 3.63) is 29.3 Å². The fourth-order valence-electron chi connectivity index (χ4n) is 1.22. The van der Waals surface area contributed by atoms with E-state index >= 15 is 0 Å². The Hall–Kier alpha value is -0.830. The molecule has 3 heteroatoms. The molecule has 2 nitrogen and oxygen atoms in total. The van der Waals surface area contributed by atoms with Crippen molar-refractivity contribution in [1.82, 2.24) is 0 Å². The lowest BCUT2D eigenvalue weighted by Gasteiger charge is -2.09. The van der Waals surface area contributed by atoms with E-state index in [2.05, 4.69) is 15.9 Å². The summed E-state index contributed by atoms with van der Waals surface area (Å²) in [6, 6.07) is 5.86. The first-order valence-electron chi connectivity index (χ1n) is 4.40. The van der Waals surface area contributed by atoms with Crippen LogP contribution in [0.1, 0.15) is 24.0 Å². The highest BCUT2D eigenvalue weighted by atomic mass is 79.9. The predicted molar refractivity (Wildman–Crippen MR) is 60.1 cm³/mol. The van der Waals surface area contributed by atoms with Crippen LogP contribution in [-0.4, -0.2) is 13.4 Å². The van der Waals surface area contributed by atoms with Gasteiger partial charge in [0.05, 0.1) is 7.11 Å². The highest BCUT2D eigenvalue weighted by molar-refractivity contribution is 9.08. The summed E-state index contributed by atoms with van der Waals surface area (Å²) in [6.45, 7) is 1.87. The van der Waals surface area contributed by atoms with Crippen molar-refractivity contribution in [1.29, 1.82) is 0 Å². The van der Waals surface area contributed by atoms with E-state index in [1.165, 1.54) is 0 Å². The van der Waals surface area contributed by atoms with Crippen LogP contribution in [-0.2, 0) is 10.1 Å². The summed E-state index contributed by atoms with van der Waals surface area (Å²) >= 11 is 3.38. The van der Waals surface area contributed by atoms with Gasteiger partial charge in [0.1, 0.15) is 12.0 Å². The molecule has 0 aliphatic rings. The summed E-state index contributed by atoms with van der Waals surface area (Å²) in [5.41, 5.74) is 2.11. The second-order valence-corrected chi connectivity index (χ2v) is 3.73. The fourth-order valence-corrected chi connectivity index (χ4v) is 1.55. The second-order valence-electron chi connectivity index (χ2n) is 3.17. The van der Waals surface area contributed by atoms with Crippen LogP contribution >= 0.6 is 15.9 Å². The van der Waals surface area contributed by atoms with Gasteiger partial charge < -0.3 is 9.53 Å². The number of carbonyl (C=O) groups excluding carboxylic acids is 1. The molecule has 0 N–H and O–H groups in total. The number of ether oxygens (including phenoxy) is 1. The molecule has 0 amide bonds. The Morgan fingerprint density at radius 2 is 2.21 bits per heavy atom. The predicted octanol–water partition coefficient (Wildman–Crippen LogP) is 2.89. The van der Waals surface area contributed by atoms with Gasteiger partial charge in [-0.2, -0.15) is 0 Å². The molecule has 0 fully saturated rings. The molecule has 76 valence electrons. The maximum absolute atomic E-state index is 10.7. The lowest BCUT2D eigenvalue weighted by atomic mass is 10.0. The topological polar surface area (TPSA) is 26.3 Å². The van der Waals surface area contributed by atoms with Gasteiger partial charge in [0.2, 0.25) is 0 Å². The lowest BCUT2D eigenvalue weighted by molar-refractivity contribution is -0.108. The minimum Gasteiger partial charge on any atom is -0.497 e. The number of hydrogen-bond acceptors (Lipinski definition) is 2. The highest BCUT2D eigenvalue weighted by Crippen LogP contribution is 2.23. The minimum atomic E-state index is -0.0806. The van der Waals surface area contributed by atoms with E-state index < -0.39 is 0 Å². The number of hydrogen-bond donors (Lipinski definition) is 0. The van der Waals surface area contributed by atoms with Crippen molar-refractivity contribution in [3.63, 3.8) is 0 Å². The first-order chi connectivity index (χ1) is 6.71. The number of rotatable bonds is 4. The fraction of sp³-hybridized carbons (Fsp3) is 0.364. The summed E-state index contributed by atoms with van der Waals surface area (Å²) in [5, 5.41) is 0.767. The Kier molecular flexibility index (Phi) is 4.14. The molecule has 0 saturated heterocycles. The maximum atomic E-state index is 10.7. The van der Waals surface area contributed by atoms with Crippen molar-refractivity contribution in [2.24, 2.45) is 0 Å². The third-order valence-corrected chi connectivity index (χ3v) is 2.76. The molecule has 1 aromatic rings. The van der Waals surface area contributed by atoms with Gasteiger partial charge in [-0.25, -0.2) is 0 Å². The third-order valence-electron chi connectivity index (χ3n) is 2.11. The Bertz CT molecular complexity index is 301. The Morgan fingerprint density at radius 3 is 2.71 bits per heavy atom. The summed E-state index contributed by atoms with van der Waals surface area (Å²) in [4.78, 5) is 10.7. The molecule has 14 heavy (non-hydrogen) atoms. The van der Waals surface area contributed by atoms with E-state index in [0.717, 1.165) is 28.5 Å². The van der Waals surface area contributed by atoms with Crippen molar-refractivity contribution >= 4 is 22.2 Å². The van der Waals surface area contributed by atoms with Gasteiger partial charge in [0, 0.05) is 11.2 Å². The van der Waals surface area contributed by atoms with Crippen LogP contribution in [0.5, 0.6) is 5.75 Å². The Balaban J connectivity index is 3.09. The maximum Gasteiger partial charge on any atom is 0.127 e. The largest absolute Gasteiger partial charge is 0.497 e. The van der Waals surface area contributed by atoms with E-state index in [1.54, 1.807) is 7.11 Å². The Morgan fingerprint density at radius 1 is 1.50 bits per heavy atom. The molecule has 0 radical (unpaired) electrons. The molecule has 0 aliphatic carbocycles. The van der Waals surface area contributed by atoms with Crippen LogP contribution < -0.4 is 4.74 Å². The average molecular weight is 257 g/mol. The van der Waals surface area contributed by atoms with Gasteiger partial charge in [0.15, 0.2) is 0 Å². The van der Waals surface area contributed by atoms with Crippen molar-refractivity contribution in [2.75, 3.05) is 7.11 Å². The van der Waals surface area contributed by atoms with Crippen LogP contribution in [0.25, 0.3) is 0 Å². The van der Waals surface area contributed by atoms with Gasteiger partial charge in [-0.05, 0) is 23.3 Å². The number of benzene rings is 1. The zero-order valence-electron chi connectivity index (χ0n) is 8.29. The molecule has 1 unspecified atom stereocenters. The molecule has 0 bridgehead atoms.